The lowest BCUT2D eigenvalue weighted by atomic mass is 10.1. The van der Waals surface area contributed by atoms with Crippen LogP contribution in [0, 0.1) is 13.8 Å². The summed E-state index contributed by atoms with van der Waals surface area (Å²) in [7, 11) is 0. The lowest BCUT2D eigenvalue weighted by Gasteiger charge is -2.10. The first-order valence-corrected chi connectivity index (χ1v) is 7.53. The maximum atomic E-state index is 11.9. The first-order chi connectivity index (χ1) is 9.61. The van der Waals surface area contributed by atoms with Crippen LogP contribution in [0.25, 0.3) is 0 Å². The van der Waals surface area contributed by atoms with Gasteiger partial charge in [-0.05, 0) is 45.6 Å². The molecule has 0 aromatic carbocycles. The van der Waals surface area contributed by atoms with Crippen LogP contribution in [0.3, 0.4) is 0 Å². The van der Waals surface area contributed by atoms with Gasteiger partial charge >= 0.3 is 0 Å². The van der Waals surface area contributed by atoms with Gasteiger partial charge in [0.1, 0.15) is 0 Å². The van der Waals surface area contributed by atoms with Crippen LogP contribution in [0.5, 0.6) is 0 Å². The number of nitrogens with zero attached hydrogens (tertiary/aromatic N) is 2. The van der Waals surface area contributed by atoms with Crippen molar-refractivity contribution in [3.8, 4) is 0 Å². The van der Waals surface area contributed by atoms with E-state index in [-0.39, 0.29) is 12.0 Å². The summed E-state index contributed by atoms with van der Waals surface area (Å²) in [4.78, 5) is 11.9. The van der Waals surface area contributed by atoms with E-state index in [1.165, 1.54) is 11.3 Å². The minimum atomic E-state index is 0.101. The number of amides is 1. The van der Waals surface area contributed by atoms with Gasteiger partial charge in [-0.25, -0.2) is 0 Å². The average molecular weight is 279 g/mol. The molecule has 1 N–H and O–H groups in total. The first-order valence-electron chi connectivity index (χ1n) is 7.53. The van der Waals surface area contributed by atoms with E-state index in [1.807, 2.05) is 11.6 Å². The molecule has 0 saturated carbocycles. The third-order valence-corrected chi connectivity index (χ3v) is 3.98. The Kier molecular flexibility index (Phi) is 5.17. The third-order valence-electron chi connectivity index (χ3n) is 3.98. The van der Waals surface area contributed by atoms with E-state index in [4.69, 9.17) is 4.74 Å². The van der Waals surface area contributed by atoms with Crippen LogP contribution in [0.15, 0.2) is 0 Å². The molecule has 5 heteroatoms. The zero-order valence-electron chi connectivity index (χ0n) is 12.7. The van der Waals surface area contributed by atoms with Crippen LogP contribution in [0.2, 0.25) is 0 Å². The molecule has 5 nitrogen and oxygen atoms in total. The predicted molar refractivity (Wildman–Crippen MR) is 77.7 cm³/mol. The fourth-order valence-electron chi connectivity index (χ4n) is 2.76. The second kappa shape index (κ2) is 6.88. The second-order valence-corrected chi connectivity index (χ2v) is 5.40. The Morgan fingerprint density at radius 3 is 2.90 bits per heavy atom. The summed E-state index contributed by atoms with van der Waals surface area (Å²) < 4.78 is 7.49. The van der Waals surface area contributed by atoms with Crippen molar-refractivity contribution in [1.82, 2.24) is 15.1 Å². The van der Waals surface area contributed by atoms with Crippen LogP contribution in [0.1, 0.15) is 43.1 Å². The Hall–Kier alpha value is -1.36. The smallest absolute Gasteiger partial charge is 0.220 e. The molecule has 0 aliphatic carbocycles. The summed E-state index contributed by atoms with van der Waals surface area (Å²) in [6.45, 7) is 8.51. The van der Waals surface area contributed by atoms with Crippen LogP contribution < -0.4 is 5.32 Å². The second-order valence-electron chi connectivity index (χ2n) is 5.40. The molecule has 1 aromatic rings. The monoisotopic (exact) mass is 279 g/mol. The zero-order valence-corrected chi connectivity index (χ0v) is 12.7. The lowest BCUT2D eigenvalue weighted by molar-refractivity contribution is -0.121. The molecule has 1 aromatic heterocycles. The topological polar surface area (TPSA) is 56.2 Å². The molecule has 0 bridgehead atoms. The molecule has 1 saturated heterocycles. The highest BCUT2D eigenvalue weighted by atomic mass is 16.5. The van der Waals surface area contributed by atoms with Gasteiger partial charge in [0, 0.05) is 31.8 Å². The van der Waals surface area contributed by atoms with Gasteiger partial charge in [0.15, 0.2) is 0 Å². The van der Waals surface area contributed by atoms with Gasteiger partial charge in [-0.1, -0.05) is 0 Å². The van der Waals surface area contributed by atoms with Crippen molar-refractivity contribution >= 4 is 5.91 Å². The summed E-state index contributed by atoms with van der Waals surface area (Å²) in [5, 5.41) is 7.44. The molecule has 1 aliphatic rings. The van der Waals surface area contributed by atoms with Crippen LogP contribution in [0.4, 0.5) is 0 Å². The van der Waals surface area contributed by atoms with Gasteiger partial charge in [-0.15, -0.1) is 0 Å². The number of aromatic nitrogens is 2. The standard InChI is InChI=1S/C15H25N3O2/c1-4-18-12(3)14(11(2)17-18)7-8-15(19)16-10-13-6-5-9-20-13/h13H,4-10H2,1-3H3,(H,16,19). The summed E-state index contributed by atoms with van der Waals surface area (Å²) in [5.41, 5.74) is 3.42. The highest BCUT2D eigenvalue weighted by molar-refractivity contribution is 5.76. The van der Waals surface area contributed by atoms with Crippen LogP contribution in [-0.2, 0) is 22.5 Å². The number of hydrogen-bond acceptors (Lipinski definition) is 3. The molecule has 1 unspecified atom stereocenters. The molecular weight excluding hydrogens is 254 g/mol. The van der Waals surface area contributed by atoms with Gasteiger partial charge in [-0.2, -0.15) is 5.10 Å². The van der Waals surface area contributed by atoms with Crippen molar-refractivity contribution in [2.24, 2.45) is 0 Å². The molecule has 20 heavy (non-hydrogen) atoms. The number of carbonyl (C=O) groups excluding carboxylic acids is 1. The van der Waals surface area contributed by atoms with Gasteiger partial charge < -0.3 is 10.1 Å². The summed E-state index contributed by atoms with van der Waals surface area (Å²) in [6, 6.07) is 0. The van der Waals surface area contributed by atoms with Crippen molar-refractivity contribution in [3.05, 3.63) is 17.0 Å². The van der Waals surface area contributed by atoms with Crippen molar-refractivity contribution in [2.45, 2.75) is 59.1 Å². The van der Waals surface area contributed by atoms with Gasteiger partial charge in [0.25, 0.3) is 0 Å². The summed E-state index contributed by atoms with van der Waals surface area (Å²) in [5.74, 6) is 0.101. The van der Waals surface area contributed by atoms with E-state index >= 15 is 0 Å². The number of carbonyl (C=O) groups is 1. The lowest BCUT2D eigenvalue weighted by Crippen LogP contribution is -2.31. The largest absolute Gasteiger partial charge is 0.376 e. The molecule has 0 spiro atoms. The SMILES string of the molecule is CCn1nc(C)c(CCC(=O)NCC2CCCO2)c1C. The molecule has 112 valence electrons. The number of ether oxygens (including phenoxy) is 1. The summed E-state index contributed by atoms with van der Waals surface area (Å²) in [6.07, 6.45) is 3.65. The van der Waals surface area contributed by atoms with Crippen molar-refractivity contribution in [2.75, 3.05) is 13.2 Å². The van der Waals surface area contributed by atoms with Gasteiger partial charge in [0.05, 0.1) is 11.8 Å². The number of nitrogens with one attached hydrogen (secondary N) is 1. The molecule has 2 heterocycles. The Morgan fingerprint density at radius 2 is 2.30 bits per heavy atom. The van der Waals surface area contributed by atoms with E-state index in [0.717, 1.165) is 38.1 Å². The van der Waals surface area contributed by atoms with E-state index in [1.54, 1.807) is 0 Å². The third kappa shape index (κ3) is 3.60. The Morgan fingerprint density at radius 1 is 1.50 bits per heavy atom. The highest BCUT2D eigenvalue weighted by Crippen LogP contribution is 2.15. The molecule has 2 rings (SSSR count). The minimum absolute atomic E-state index is 0.101. The Balaban J connectivity index is 1.79. The first kappa shape index (κ1) is 15.0. The zero-order chi connectivity index (χ0) is 14.5. The molecule has 1 atom stereocenters. The predicted octanol–water partition coefficient (Wildman–Crippen LogP) is 1.75. The Labute approximate surface area is 120 Å². The van der Waals surface area contributed by atoms with Gasteiger partial charge in [-0.3, -0.25) is 9.48 Å². The van der Waals surface area contributed by atoms with Crippen molar-refractivity contribution < 1.29 is 9.53 Å². The number of rotatable bonds is 6. The molecule has 1 aliphatic heterocycles. The average Bonchev–Trinajstić information content (AvgIpc) is 3.03. The molecule has 0 radical (unpaired) electrons. The summed E-state index contributed by atoms with van der Waals surface area (Å²) >= 11 is 0. The maximum Gasteiger partial charge on any atom is 0.220 e. The molecular formula is C15H25N3O2. The normalized spacial score (nSPS) is 18.4. The number of aryl methyl sites for hydroxylation is 2. The molecule has 1 amide bonds. The fourth-order valence-corrected chi connectivity index (χ4v) is 2.76. The highest BCUT2D eigenvalue weighted by Gasteiger charge is 2.17. The Bertz CT molecular complexity index is 462. The number of hydrogen-bond donors (Lipinski definition) is 1. The van der Waals surface area contributed by atoms with E-state index < -0.39 is 0 Å². The maximum absolute atomic E-state index is 11.9. The minimum Gasteiger partial charge on any atom is -0.376 e. The van der Waals surface area contributed by atoms with E-state index in [2.05, 4.69) is 24.3 Å². The van der Waals surface area contributed by atoms with Crippen LogP contribution >= 0.6 is 0 Å². The van der Waals surface area contributed by atoms with E-state index in [0.29, 0.717) is 13.0 Å². The fraction of sp³-hybridized carbons (Fsp3) is 0.733. The molecule has 1 fully saturated rings. The van der Waals surface area contributed by atoms with E-state index in [9.17, 15) is 4.79 Å². The van der Waals surface area contributed by atoms with Crippen molar-refractivity contribution in [1.29, 1.82) is 0 Å². The van der Waals surface area contributed by atoms with Crippen LogP contribution in [-0.4, -0.2) is 34.9 Å². The van der Waals surface area contributed by atoms with Crippen molar-refractivity contribution in [3.63, 3.8) is 0 Å². The quantitative estimate of drug-likeness (QED) is 0.863. The van der Waals surface area contributed by atoms with Gasteiger partial charge in [0.2, 0.25) is 5.91 Å².